The molecule has 114 valence electrons. The fourth-order valence-electron chi connectivity index (χ4n) is 2.56. The molecule has 20 heavy (non-hydrogen) atoms. The van der Waals surface area contributed by atoms with Crippen molar-refractivity contribution in [2.45, 2.75) is 39.7 Å². The lowest BCUT2D eigenvalue weighted by atomic mass is 10.2. The van der Waals surface area contributed by atoms with Gasteiger partial charge in [-0.15, -0.1) is 11.3 Å². The van der Waals surface area contributed by atoms with E-state index in [4.69, 9.17) is 4.98 Å². The minimum atomic E-state index is 0.362. The Bertz CT molecular complexity index is 385. The lowest BCUT2D eigenvalue weighted by Crippen LogP contribution is -2.46. The van der Waals surface area contributed by atoms with Crippen molar-refractivity contribution in [1.29, 1.82) is 0 Å². The molecular formula is C15H28N4S. The van der Waals surface area contributed by atoms with Crippen molar-refractivity contribution in [1.82, 2.24) is 15.2 Å². The normalized spacial score (nSPS) is 18.4. The number of hydrogen-bond donors (Lipinski definition) is 1. The summed E-state index contributed by atoms with van der Waals surface area (Å²) in [6.07, 6.45) is 2.42. The molecule has 5 heteroatoms. The van der Waals surface area contributed by atoms with Crippen LogP contribution < -0.4 is 10.2 Å². The second-order valence-electron chi connectivity index (χ2n) is 5.56. The summed E-state index contributed by atoms with van der Waals surface area (Å²) < 4.78 is 0. The molecule has 1 fully saturated rings. The van der Waals surface area contributed by atoms with Crippen LogP contribution in [0.4, 0.5) is 5.13 Å². The Balaban J connectivity index is 1.86. The number of anilines is 1. The Labute approximate surface area is 127 Å². The van der Waals surface area contributed by atoms with Gasteiger partial charge >= 0.3 is 0 Å². The summed E-state index contributed by atoms with van der Waals surface area (Å²) in [7, 11) is 0. The van der Waals surface area contributed by atoms with Gasteiger partial charge in [-0.25, -0.2) is 4.98 Å². The highest BCUT2D eigenvalue weighted by Crippen LogP contribution is 2.25. The Kier molecular flexibility index (Phi) is 6.26. The van der Waals surface area contributed by atoms with Gasteiger partial charge in [0.1, 0.15) is 0 Å². The first kappa shape index (κ1) is 15.7. The summed E-state index contributed by atoms with van der Waals surface area (Å²) in [4.78, 5) is 9.81. The van der Waals surface area contributed by atoms with Crippen LogP contribution in [0.3, 0.4) is 0 Å². The molecular weight excluding hydrogens is 268 g/mol. The van der Waals surface area contributed by atoms with Gasteiger partial charge in [0.25, 0.3) is 0 Å². The quantitative estimate of drug-likeness (QED) is 0.838. The van der Waals surface area contributed by atoms with Gasteiger partial charge in [0.05, 0.1) is 5.69 Å². The molecule has 4 nitrogen and oxygen atoms in total. The number of aromatic nitrogens is 1. The average Bonchev–Trinajstić information content (AvgIpc) is 2.96. The predicted molar refractivity (Wildman–Crippen MR) is 87.8 cm³/mol. The van der Waals surface area contributed by atoms with Crippen molar-refractivity contribution in [3.63, 3.8) is 0 Å². The molecule has 2 heterocycles. The topological polar surface area (TPSA) is 31.4 Å². The Morgan fingerprint density at radius 2 is 2.00 bits per heavy atom. The van der Waals surface area contributed by atoms with E-state index >= 15 is 0 Å². The number of piperazine rings is 1. The van der Waals surface area contributed by atoms with E-state index in [1.165, 1.54) is 43.3 Å². The zero-order valence-corrected chi connectivity index (χ0v) is 13.9. The highest BCUT2D eigenvalue weighted by molar-refractivity contribution is 7.13. The summed E-state index contributed by atoms with van der Waals surface area (Å²) in [6, 6.07) is 0.362. The van der Waals surface area contributed by atoms with Crippen LogP contribution in [0.5, 0.6) is 0 Å². The van der Waals surface area contributed by atoms with E-state index in [0.29, 0.717) is 6.04 Å². The molecule has 1 aliphatic rings. The third kappa shape index (κ3) is 4.17. The molecule has 1 unspecified atom stereocenters. The van der Waals surface area contributed by atoms with E-state index in [1.807, 2.05) is 0 Å². The first-order valence-corrected chi connectivity index (χ1v) is 8.78. The third-order valence-electron chi connectivity index (χ3n) is 3.84. The van der Waals surface area contributed by atoms with Gasteiger partial charge in [-0.05, 0) is 32.9 Å². The smallest absolute Gasteiger partial charge is 0.185 e. The van der Waals surface area contributed by atoms with Gasteiger partial charge in [0.15, 0.2) is 5.13 Å². The van der Waals surface area contributed by atoms with Crippen molar-refractivity contribution in [2.24, 2.45) is 0 Å². The van der Waals surface area contributed by atoms with E-state index in [2.05, 4.69) is 41.3 Å². The van der Waals surface area contributed by atoms with Crippen molar-refractivity contribution in [2.75, 3.05) is 44.2 Å². The fourth-order valence-corrected chi connectivity index (χ4v) is 3.54. The molecule has 0 saturated carbocycles. The highest BCUT2D eigenvalue weighted by Gasteiger charge is 2.19. The number of rotatable bonds is 7. The largest absolute Gasteiger partial charge is 0.346 e. The number of hydrogen-bond acceptors (Lipinski definition) is 5. The van der Waals surface area contributed by atoms with Gasteiger partial charge in [-0.2, -0.15) is 0 Å². The lowest BCUT2D eigenvalue weighted by molar-refractivity contribution is 0.258. The second kappa shape index (κ2) is 7.96. The fraction of sp³-hybridized carbons (Fsp3) is 0.800. The molecule has 1 atom stereocenters. The SMILES string of the molecule is CCCNC(C)c1csc(N2CCN(CCC)CC2)n1. The summed E-state index contributed by atoms with van der Waals surface area (Å²) in [5.41, 5.74) is 1.19. The van der Waals surface area contributed by atoms with Crippen LogP contribution in [0.15, 0.2) is 5.38 Å². The van der Waals surface area contributed by atoms with Crippen molar-refractivity contribution in [3.8, 4) is 0 Å². The maximum atomic E-state index is 4.82. The average molecular weight is 296 g/mol. The van der Waals surface area contributed by atoms with Crippen LogP contribution in [0.1, 0.15) is 45.3 Å². The van der Waals surface area contributed by atoms with Crippen molar-refractivity contribution in [3.05, 3.63) is 11.1 Å². The van der Waals surface area contributed by atoms with Crippen LogP contribution >= 0.6 is 11.3 Å². The van der Waals surface area contributed by atoms with Gasteiger partial charge in [-0.1, -0.05) is 13.8 Å². The Morgan fingerprint density at radius 1 is 1.25 bits per heavy atom. The van der Waals surface area contributed by atoms with Crippen molar-refractivity contribution < 1.29 is 0 Å². The molecule has 0 spiro atoms. The van der Waals surface area contributed by atoms with Crippen LogP contribution in [0.25, 0.3) is 0 Å². The predicted octanol–water partition coefficient (Wildman–Crippen LogP) is 2.74. The Hall–Kier alpha value is -0.650. The van der Waals surface area contributed by atoms with Gasteiger partial charge < -0.3 is 10.2 Å². The minimum absolute atomic E-state index is 0.362. The van der Waals surface area contributed by atoms with Gasteiger partial charge in [0.2, 0.25) is 0 Å². The molecule has 1 aromatic rings. The molecule has 0 aromatic carbocycles. The molecule has 0 radical (unpaired) electrons. The maximum absolute atomic E-state index is 4.82. The van der Waals surface area contributed by atoms with Crippen LogP contribution in [-0.4, -0.2) is 49.2 Å². The van der Waals surface area contributed by atoms with E-state index in [0.717, 1.165) is 19.6 Å². The first-order chi connectivity index (χ1) is 9.74. The molecule has 1 N–H and O–H groups in total. The molecule has 1 aromatic heterocycles. The third-order valence-corrected chi connectivity index (χ3v) is 4.76. The van der Waals surface area contributed by atoms with Crippen LogP contribution in [-0.2, 0) is 0 Å². The van der Waals surface area contributed by atoms with Crippen LogP contribution in [0.2, 0.25) is 0 Å². The molecule has 1 saturated heterocycles. The number of nitrogens with one attached hydrogen (secondary N) is 1. The summed E-state index contributed by atoms with van der Waals surface area (Å²) in [6.45, 7) is 13.5. The lowest BCUT2D eigenvalue weighted by Gasteiger charge is -2.34. The first-order valence-electron chi connectivity index (χ1n) is 7.90. The van der Waals surface area contributed by atoms with Crippen LogP contribution in [0, 0.1) is 0 Å². The monoisotopic (exact) mass is 296 g/mol. The van der Waals surface area contributed by atoms with E-state index in [-0.39, 0.29) is 0 Å². The standard InChI is InChI=1S/C15H28N4S/c1-4-6-16-13(3)14-12-20-15(17-14)19-10-8-18(7-5-2)9-11-19/h12-13,16H,4-11H2,1-3H3. The van der Waals surface area contributed by atoms with Crippen molar-refractivity contribution >= 4 is 16.5 Å². The number of nitrogens with zero attached hydrogens (tertiary/aromatic N) is 3. The van der Waals surface area contributed by atoms with E-state index in [9.17, 15) is 0 Å². The highest BCUT2D eigenvalue weighted by atomic mass is 32.1. The molecule has 0 amide bonds. The summed E-state index contributed by atoms with van der Waals surface area (Å²) >= 11 is 1.79. The summed E-state index contributed by atoms with van der Waals surface area (Å²) in [5, 5.41) is 6.91. The zero-order chi connectivity index (χ0) is 14.4. The number of thiazole rings is 1. The van der Waals surface area contributed by atoms with E-state index in [1.54, 1.807) is 11.3 Å². The zero-order valence-electron chi connectivity index (χ0n) is 13.1. The molecule has 0 bridgehead atoms. The van der Waals surface area contributed by atoms with Gasteiger partial charge in [0, 0.05) is 37.6 Å². The minimum Gasteiger partial charge on any atom is -0.346 e. The van der Waals surface area contributed by atoms with Gasteiger partial charge in [-0.3, -0.25) is 4.90 Å². The molecule has 0 aliphatic carbocycles. The second-order valence-corrected chi connectivity index (χ2v) is 6.40. The summed E-state index contributed by atoms with van der Waals surface area (Å²) in [5.74, 6) is 0. The molecule has 1 aliphatic heterocycles. The van der Waals surface area contributed by atoms with E-state index < -0.39 is 0 Å². The molecule has 2 rings (SSSR count). The Morgan fingerprint density at radius 3 is 2.65 bits per heavy atom. The maximum Gasteiger partial charge on any atom is 0.185 e.